The van der Waals surface area contributed by atoms with E-state index in [0.717, 1.165) is 17.8 Å². The molecule has 0 saturated heterocycles. The lowest BCUT2D eigenvalue weighted by Gasteiger charge is -2.11. The first kappa shape index (κ1) is 10.4. The summed E-state index contributed by atoms with van der Waals surface area (Å²) in [5, 5.41) is 3.06. The predicted octanol–water partition coefficient (Wildman–Crippen LogP) is 1.49. The molecule has 0 atom stereocenters. The molecular formula is C9H18N2. The van der Waals surface area contributed by atoms with Crippen LogP contribution >= 0.6 is 0 Å². The van der Waals surface area contributed by atoms with Gasteiger partial charge >= 0.3 is 0 Å². The fourth-order valence-corrected chi connectivity index (χ4v) is 0.837. The molecule has 0 rings (SSSR count). The monoisotopic (exact) mass is 154 g/mol. The van der Waals surface area contributed by atoms with Crippen LogP contribution in [-0.4, -0.2) is 26.4 Å². The van der Waals surface area contributed by atoms with Gasteiger partial charge in [0.25, 0.3) is 0 Å². The predicted molar refractivity (Wildman–Crippen MR) is 51.3 cm³/mol. The Balaban J connectivity index is 4.16. The highest BCUT2D eigenvalue weighted by Crippen LogP contribution is 2.07. The van der Waals surface area contributed by atoms with Crippen LogP contribution in [0.4, 0.5) is 0 Å². The van der Waals surface area contributed by atoms with Crippen LogP contribution in [0, 0.1) is 5.92 Å². The molecule has 0 aliphatic heterocycles. The Hall–Kier alpha value is -0.630. The van der Waals surface area contributed by atoms with Crippen LogP contribution in [0.1, 0.15) is 13.8 Å². The summed E-state index contributed by atoms with van der Waals surface area (Å²) >= 11 is 0. The molecule has 2 heteroatoms. The van der Waals surface area contributed by atoms with Gasteiger partial charge < -0.3 is 5.32 Å². The highest BCUT2D eigenvalue weighted by molar-refractivity contribution is 6.01. The van der Waals surface area contributed by atoms with Gasteiger partial charge in [-0.05, 0) is 18.5 Å². The Bertz CT molecular complexity index is 157. The van der Waals surface area contributed by atoms with Crippen molar-refractivity contribution in [3.8, 4) is 0 Å². The molecule has 0 spiro atoms. The summed E-state index contributed by atoms with van der Waals surface area (Å²) in [6.45, 7) is 9.04. The third kappa shape index (κ3) is 3.33. The van der Waals surface area contributed by atoms with E-state index >= 15 is 0 Å². The van der Waals surface area contributed by atoms with E-state index in [1.54, 1.807) is 7.05 Å². The maximum Gasteiger partial charge on any atom is 0.0511 e. The molecule has 11 heavy (non-hydrogen) atoms. The SMILES string of the molecule is C=C(C(CNC)=NC)C(C)C. The van der Waals surface area contributed by atoms with E-state index in [-0.39, 0.29) is 0 Å². The average molecular weight is 154 g/mol. The second-order valence-electron chi connectivity index (χ2n) is 2.88. The highest BCUT2D eigenvalue weighted by Gasteiger charge is 2.05. The first-order valence-corrected chi connectivity index (χ1v) is 3.92. The van der Waals surface area contributed by atoms with Crippen molar-refractivity contribution >= 4 is 5.71 Å². The van der Waals surface area contributed by atoms with Gasteiger partial charge in [-0.1, -0.05) is 20.4 Å². The van der Waals surface area contributed by atoms with Gasteiger partial charge in [-0.2, -0.15) is 0 Å². The molecule has 0 bridgehead atoms. The molecule has 0 radical (unpaired) electrons. The van der Waals surface area contributed by atoms with Gasteiger partial charge in [0.15, 0.2) is 0 Å². The van der Waals surface area contributed by atoms with Gasteiger partial charge in [0.1, 0.15) is 0 Å². The summed E-state index contributed by atoms with van der Waals surface area (Å²) in [6.07, 6.45) is 0. The minimum Gasteiger partial charge on any atom is -0.314 e. The molecule has 0 aliphatic rings. The summed E-state index contributed by atoms with van der Waals surface area (Å²) in [5.74, 6) is 0.488. The van der Waals surface area contributed by atoms with Crippen molar-refractivity contribution < 1.29 is 0 Å². The molecule has 0 aromatic carbocycles. The Labute approximate surface area is 69.4 Å². The third-order valence-corrected chi connectivity index (χ3v) is 1.68. The van der Waals surface area contributed by atoms with Crippen molar-refractivity contribution in [2.45, 2.75) is 13.8 Å². The number of rotatable bonds is 4. The van der Waals surface area contributed by atoms with Crippen LogP contribution in [0.3, 0.4) is 0 Å². The van der Waals surface area contributed by atoms with Crippen molar-refractivity contribution in [2.75, 3.05) is 20.6 Å². The number of nitrogens with zero attached hydrogens (tertiary/aromatic N) is 1. The Morgan fingerprint density at radius 1 is 1.55 bits per heavy atom. The largest absolute Gasteiger partial charge is 0.314 e. The zero-order chi connectivity index (χ0) is 8.85. The van der Waals surface area contributed by atoms with Crippen LogP contribution in [0.5, 0.6) is 0 Å². The summed E-state index contributed by atoms with van der Waals surface area (Å²) in [5.41, 5.74) is 2.20. The van der Waals surface area contributed by atoms with Crippen molar-refractivity contribution in [1.82, 2.24) is 5.32 Å². The molecule has 0 unspecified atom stereocenters. The van der Waals surface area contributed by atoms with Crippen LogP contribution in [0.15, 0.2) is 17.1 Å². The second kappa shape index (κ2) is 5.08. The van der Waals surface area contributed by atoms with Gasteiger partial charge in [0.05, 0.1) is 5.71 Å². The number of aliphatic imine (C=N–C) groups is 1. The minimum absolute atomic E-state index is 0.488. The van der Waals surface area contributed by atoms with Gasteiger partial charge in [-0.25, -0.2) is 0 Å². The third-order valence-electron chi connectivity index (χ3n) is 1.68. The van der Waals surface area contributed by atoms with E-state index in [0.29, 0.717) is 5.92 Å². The van der Waals surface area contributed by atoms with Crippen molar-refractivity contribution in [1.29, 1.82) is 0 Å². The molecule has 1 N–H and O–H groups in total. The van der Waals surface area contributed by atoms with Gasteiger partial charge in [0.2, 0.25) is 0 Å². The standard InChI is InChI=1S/C9H18N2/c1-7(2)8(3)9(11-5)6-10-4/h7,10H,3,6H2,1-2,4-5H3. The van der Waals surface area contributed by atoms with Crippen molar-refractivity contribution in [3.63, 3.8) is 0 Å². The Kier molecular flexibility index (Phi) is 4.79. The molecular weight excluding hydrogens is 136 g/mol. The minimum atomic E-state index is 0.488. The lowest BCUT2D eigenvalue weighted by molar-refractivity contribution is 0.796. The van der Waals surface area contributed by atoms with Crippen LogP contribution in [0.2, 0.25) is 0 Å². The number of hydrogen-bond acceptors (Lipinski definition) is 2. The molecule has 64 valence electrons. The highest BCUT2D eigenvalue weighted by atomic mass is 14.8. The second-order valence-corrected chi connectivity index (χ2v) is 2.88. The van der Waals surface area contributed by atoms with E-state index in [4.69, 9.17) is 0 Å². The van der Waals surface area contributed by atoms with E-state index in [2.05, 4.69) is 30.7 Å². The summed E-state index contributed by atoms with van der Waals surface area (Å²) < 4.78 is 0. The normalized spacial score (nSPS) is 12.3. The zero-order valence-corrected chi connectivity index (χ0v) is 7.94. The first-order chi connectivity index (χ1) is 5.13. The van der Waals surface area contributed by atoms with Gasteiger partial charge in [-0.15, -0.1) is 0 Å². The average Bonchev–Trinajstić information content (AvgIpc) is 1.98. The summed E-state index contributed by atoms with van der Waals surface area (Å²) in [6, 6.07) is 0. The van der Waals surface area contributed by atoms with Crippen LogP contribution in [-0.2, 0) is 0 Å². The van der Waals surface area contributed by atoms with Gasteiger partial charge in [0, 0.05) is 13.6 Å². The molecule has 0 aliphatic carbocycles. The molecule has 2 nitrogen and oxygen atoms in total. The van der Waals surface area contributed by atoms with Crippen LogP contribution < -0.4 is 5.32 Å². The molecule has 0 fully saturated rings. The first-order valence-electron chi connectivity index (χ1n) is 3.92. The van der Waals surface area contributed by atoms with E-state index < -0.39 is 0 Å². The number of hydrogen-bond donors (Lipinski definition) is 1. The maximum atomic E-state index is 4.15. The Morgan fingerprint density at radius 2 is 2.09 bits per heavy atom. The fourth-order valence-electron chi connectivity index (χ4n) is 0.837. The lowest BCUT2D eigenvalue weighted by atomic mass is 10.0. The molecule has 0 aromatic heterocycles. The van der Waals surface area contributed by atoms with E-state index in [9.17, 15) is 0 Å². The quantitative estimate of drug-likeness (QED) is 0.609. The zero-order valence-electron chi connectivity index (χ0n) is 7.94. The summed E-state index contributed by atoms with van der Waals surface area (Å²) in [4.78, 5) is 4.15. The van der Waals surface area contributed by atoms with Crippen LogP contribution in [0.25, 0.3) is 0 Å². The summed E-state index contributed by atoms with van der Waals surface area (Å²) in [7, 11) is 3.72. The maximum absolute atomic E-state index is 4.15. The molecule has 0 saturated carbocycles. The van der Waals surface area contributed by atoms with Crippen molar-refractivity contribution in [3.05, 3.63) is 12.2 Å². The molecule has 0 heterocycles. The van der Waals surface area contributed by atoms with E-state index in [1.165, 1.54) is 0 Å². The molecule has 0 aromatic rings. The molecule has 0 amide bonds. The van der Waals surface area contributed by atoms with Gasteiger partial charge in [-0.3, -0.25) is 4.99 Å². The number of nitrogens with one attached hydrogen (secondary N) is 1. The topological polar surface area (TPSA) is 24.4 Å². The van der Waals surface area contributed by atoms with Crippen molar-refractivity contribution in [2.24, 2.45) is 10.9 Å². The van der Waals surface area contributed by atoms with E-state index in [1.807, 2.05) is 7.05 Å². The smallest absolute Gasteiger partial charge is 0.0511 e. The fraction of sp³-hybridized carbons (Fsp3) is 0.667. The lowest BCUT2D eigenvalue weighted by Crippen LogP contribution is -2.22. The Morgan fingerprint density at radius 3 is 2.36 bits per heavy atom.